The quantitative estimate of drug-likeness (QED) is 0.686. The third-order valence-corrected chi connectivity index (χ3v) is 3.69. The second-order valence-corrected chi connectivity index (χ2v) is 5.34. The van der Waals surface area contributed by atoms with Gasteiger partial charge in [0.25, 0.3) is 0 Å². The molecule has 0 bridgehead atoms. The molecular formula is C16H23NO. The van der Waals surface area contributed by atoms with E-state index < -0.39 is 0 Å². The number of carbonyl (C=O) groups is 1. The largest absolute Gasteiger partial charge is 0.293 e. The van der Waals surface area contributed by atoms with E-state index in [0.717, 1.165) is 31.0 Å². The molecule has 1 unspecified atom stereocenters. The lowest BCUT2D eigenvalue weighted by Gasteiger charge is -2.27. The van der Waals surface area contributed by atoms with Crippen LogP contribution in [0.4, 0.5) is 0 Å². The molecule has 0 aromatic heterocycles. The van der Waals surface area contributed by atoms with Crippen molar-refractivity contribution in [1.82, 2.24) is 4.90 Å². The van der Waals surface area contributed by atoms with E-state index in [1.54, 1.807) is 0 Å². The Balaban J connectivity index is 2.02. The summed E-state index contributed by atoms with van der Waals surface area (Å²) >= 11 is 0. The molecule has 0 aliphatic heterocycles. The molecule has 0 amide bonds. The smallest absolute Gasteiger partial charge is 0.179 e. The van der Waals surface area contributed by atoms with E-state index in [2.05, 4.69) is 11.8 Å². The number of ketones is 1. The van der Waals surface area contributed by atoms with E-state index in [0.29, 0.717) is 0 Å². The highest BCUT2D eigenvalue weighted by Gasteiger charge is 2.29. The molecule has 1 aromatic rings. The lowest BCUT2D eigenvalue weighted by atomic mass is 10.0. The highest BCUT2D eigenvalue weighted by atomic mass is 16.1. The number of nitrogens with zero attached hydrogens (tertiary/aromatic N) is 1. The highest BCUT2D eigenvalue weighted by Crippen LogP contribution is 2.30. The van der Waals surface area contributed by atoms with Crippen molar-refractivity contribution >= 4 is 5.78 Å². The molecule has 1 fully saturated rings. The third-order valence-electron chi connectivity index (χ3n) is 3.69. The molecule has 0 saturated heterocycles. The van der Waals surface area contributed by atoms with Crippen LogP contribution in [0.15, 0.2) is 30.3 Å². The minimum Gasteiger partial charge on any atom is -0.293 e. The van der Waals surface area contributed by atoms with Gasteiger partial charge >= 0.3 is 0 Å². The standard InChI is InChI=1S/C16H23NO/c1-3-11-17(12-14-9-10-14)13(2)16(18)15-7-5-4-6-8-15/h4-8,13-14H,3,9-12H2,1-2H3. The predicted molar refractivity (Wildman–Crippen MR) is 74.8 cm³/mol. The summed E-state index contributed by atoms with van der Waals surface area (Å²) in [6.07, 6.45) is 3.79. The minimum absolute atomic E-state index is 0.00736. The van der Waals surface area contributed by atoms with Crippen LogP contribution in [0, 0.1) is 5.92 Å². The summed E-state index contributed by atoms with van der Waals surface area (Å²) in [5, 5.41) is 0. The molecule has 1 aliphatic rings. The van der Waals surface area contributed by atoms with Gasteiger partial charge in [0.15, 0.2) is 5.78 Å². The Kier molecular flexibility index (Phi) is 4.54. The Bertz CT molecular complexity index is 383. The summed E-state index contributed by atoms with van der Waals surface area (Å²) in [4.78, 5) is 14.8. The highest BCUT2D eigenvalue weighted by molar-refractivity contribution is 5.99. The topological polar surface area (TPSA) is 20.3 Å². The molecule has 98 valence electrons. The fourth-order valence-electron chi connectivity index (χ4n) is 2.37. The van der Waals surface area contributed by atoms with E-state index in [4.69, 9.17) is 0 Å². The Hall–Kier alpha value is -1.15. The van der Waals surface area contributed by atoms with Crippen molar-refractivity contribution in [2.24, 2.45) is 5.92 Å². The van der Waals surface area contributed by atoms with Gasteiger partial charge < -0.3 is 0 Å². The molecular weight excluding hydrogens is 222 g/mol. The molecule has 2 nitrogen and oxygen atoms in total. The fraction of sp³-hybridized carbons (Fsp3) is 0.562. The molecule has 1 atom stereocenters. The van der Waals surface area contributed by atoms with E-state index in [1.807, 2.05) is 37.3 Å². The number of hydrogen-bond donors (Lipinski definition) is 0. The Labute approximate surface area is 110 Å². The van der Waals surface area contributed by atoms with Crippen molar-refractivity contribution in [1.29, 1.82) is 0 Å². The monoisotopic (exact) mass is 245 g/mol. The van der Waals surface area contributed by atoms with Crippen LogP contribution in [-0.4, -0.2) is 29.8 Å². The third kappa shape index (κ3) is 3.42. The van der Waals surface area contributed by atoms with Crippen LogP contribution in [0.25, 0.3) is 0 Å². The molecule has 1 saturated carbocycles. The first-order valence-corrected chi connectivity index (χ1v) is 7.05. The van der Waals surface area contributed by atoms with E-state index in [-0.39, 0.29) is 11.8 Å². The van der Waals surface area contributed by atoms with Gasteiger partial charge in [-0.05, 0) is 38.6 Å². The van der Waals surface area contributed by atoms with Gasteiger partial charge in [0, 0.05) is 12.1 Å². The molecule has 18 heavy (non-hydrogen) atoms. The SMILES string of the molecule is CCCN(CC1CC1)C(C)C(=O)c1ccccc1. The number of carbonyl (C=O) groups excluding carboxylic acids is 1. The van der Waals surface area contributed by atoms with Gasteiger partial charge in [-0.1, -0.05) is 37.3 Å². The van der Waals surface area contributed by atoms with Crippen LogP contribution in [0.3, 0.4) is 0 Å². The summed E-state index contributed by atoms with van der Waals surface area (Å²) in [6, 6.07) is 9.67. The summed E-state index contributed by atoms with van der Waals surface area (Å²) in [6.45, 7) is 6.34. The van der Waals surface area contributed by atoms with Gasteiger partial charge in [-0.15, -0.1) is 0 Å². The van der Waals surface area contributed by atoms with Crippen molar-refractivity contribution in [3.8, 4) is 0 Å². The summed E-state index contributed by atoms with van der Waals surface area (Å²) in [5.41, 5.74) is 0.835. The molecule has 0 spiro atoms. The molecule has 1 aliphatic carbocycles. The van der Waals surface area contributed by atoms with Crippen LogP contribution < -0.4 is 0 Å². The number of Topliss-reactive ketones (excluding diaryl/α,β-unsaturated/α-hetero) is 1. The van der Waals surface area contributed by atoms with Gasteiger partial charge in [0.1, 0.15) is 0 Å². The van der Waals surface area contributed by atoms with Gasteiger partial charge in [0.05, 0.1) is 6.04 Å². The van der Waals surface area contributed by atoms with Gasteiger partial charge in [-0.2, -0.15) is 0 Å². The van der Waals surface area contributed by atoms with Crippen LogP contribution >= 0.6 is 0 Å². The van der Waals surface area contributed by atoms with E-state index in [9.17, 15) is 4.79 Å². The molecule has 0 N–H and O–H groups in total. The van der Waals surface area contributed by atoms with Crippen molar-refractivity contribution in [2.45, 2.75) is 39.2 Å². The molecule has 0 radical (unpaired) electrons. The Morgan fingerprint density at radius 3 is 2.56 bits per heavy atom. The first-order valence-electron chi connectivity index (χ1n) is 7.05. The van der Waals surface area contributed by atoms with Gasteiger partial charge in [-0.3, -0.25) is 9.69 Å². The normalized spacial score (nSPS) is 16.8. The van der Waals surface area contributed by atoms with Crippen molar-refractivity contribution in [3.05, 3.63) is 35.9 Å². The van der Waals surface area contributed by atoms with E-state index in [1.165, 1.54) is 12.8 Å². The van der Waals surface area contributed by atoms with Crippen LogP contribution in [0.2, 0.25) is 0 Å². The lowest BCUT2D eigenvalue weighted by Crippen LogP contribution is -2.40. The first-order chi connectivity index (χ1) is 8.72. The Morgan fingerprint density at radius 2 is 2.00 bits per heavy atom. The van der Waals surface area contributed by atoms with Gasteiger partial charge in [0.2, 0.25) is 0 Å². The summed E-state index contributed by atoms with van der Waals surface area (Å²) in [5.74, 6) is 1.09. The van der Waals surface area contributed by atoms with Crippen molar-refractivity contribution in [3.63, 3.8) is 0 Å². The average molecular weight is 245 g/mol. The lowest BCUT2D eigenvalue weighted by molar-refractivity contribution is 0.0831. The van der Waals surface area contributed by atoms with E-state index >= 15 is 0 Å². The predicted octanol–water partition coefficient (Wildman–Crippen LogP) is 3.38. The van der Waals surface area contributed by atoms with Gasteiger partial charge in [-0.25, -0.2) is 0 Å². The zero-order valence-electron chi connectivity index (χ0n) is 11.4. The number of rotatable bonds is 7. The summed E-state index contributed by atoms with van der Waals surface area (Å²) in [7, 11) is 0. The van der Waals surface area contributed by atoms with Crippen LogP contribution in [-0.2, 0) is 0 Å². The van der Waals surface area contributed by atoms with Crippen molar-refractivity contribution in [2.75, 3.05) is 13.1 Å². The van der Waals surface area contributed by atoms with Crippen LogP contribution in [0.1, 0.15) is 43.5 Å². The van der Waals surface area contributed by atoms with Crippen molar-refractivity contribution < 1.29 is 4.79 Å². The zero-order chi connectivity index (χ0) is 13.0. The van der Waals surface area contributed by atoms with Crippen LogP contribution in [0.5, 0.6) is 0 Å². The zero-order valence-corrected chi connectivity index (χ0v) is 11.4. The molecule has 2 heteroatoms. The molecule has 2 rings (SSSR count). The maximum Gasteiger partial charge on any atom is 0.179 e. The average Bonchev–Trinajstić information content (AvgIpc) is 3.21. The molecule has 0 heterocycles. The molecule has 1 aromatic carbocycles. The second kappa shape index (κ2) is 6.14. The number of hydrogen-bond acceptors (Lipinski definition) is 2. The Morgan fingerprint density at radius 1 is 1.33 bits per heavy atom. The second-order valence-electron chi connectivity index (χ2n) is 5.34. The summed E-state index contributed by atoms with van der Waals surface area (Å²) < 4.78 is 0. The number of benzene rings is 1. The first kappa shape index (κ1) is 13.3. The maximum atomic E-state index is 12.4. The fourth-order valence-corrected chi connectivity index (χ4v) is 2.37. The minimum atomic E-state index is 0.00736. The maximum absolute atomic E-state index is 12.4.